The van der Waals surface area contributed by atoms with E-state index in [1.165, 1.54) is 18.2 Å². The molecule has 30 heavy (non-hydrogen) atoms. The Labute approximate surface area is 175 Å². The van der Waals surface area contributed by atoms with Crippen molar-refractivity contribution < 1.29 is 23.4 Å². The molecule has 0 saturated carbocycles. The molecule has 2 aromatic carbocycles. The number of fused-ring (bicyclic) bond motifs is 1. The predicted octanol–water partition coefficient (Wildman–Crippen LogP) is 4.99. The summed E-state index contributed by atoms with van der Waals surface area (Å²) in [4.78, 5) is 12.4. The summed E-state index contributed by atoms with van der Waals surface area (Å²) < 4.78 is 30.9. The van der Waals surface area contributed by atoms with Gasteiger partial charge in [0.25, 0.3) is 0 Å². The van der Waals surface area contributed by atoms with Crippen LogP contribution in [0.3, 0.4) is 0 Å². The second-order valence-corrected chi connectivity index (χ2v) is 8.05. The molecule has 1 amide bonds. The number of anilines is 1. The lowest BCUT2D eigenvalue weighted by molar-refractivity contribution is 0.0504. The zero-order chi connectivity index (χ0) is 21.9. The minimum atomic E-state index is -0.628. The number of amides is 1. The number of nitrogens with two attached hydrogens (primary N) is 1. The zero-order valence-corrected chi connectivity index (χ0v) is 17.5. The van der Waals surface area contributed by atoms with Crippen molar-refractivity contribution in [2.75, 3.05) is 18.9 Å². The van der Waals surface area contributed by atoms with Crippen LogP contribution in [-0.2, 0) is 4.74 Å². The third-order valence-corrected chi connectivity index (χ3v) is 4.47. The topological polar surface area (TPSA) is 82.8 Å². The van der Waals surface area contributed by atoms with Crippen molar-refractivity contribution in [3.8, 4) is 22.6 Å². The van der Waals surface area contributed by atoms with Gasteiger partial charge >= 0.3 is 6.09 Å². The second-order valence-electron chi connectivity index (χ2n) is 8.05. The molecule has 0 radical (unpaired) electrons. The van der Waals surface area contributed by atoms with Crippen LogP contribution in [0.1, 0.15) is 38.8 Å². The fourth-order valence-electron chi connectivity index (χ4n) is 3.23. The molecule has 0 aliphatic carbocycles. The monoisotopic (exact) mass is 414 g/mol. The molecule has 3 N–H and O–H groups in total. The number of hydrogen-bond acceptors (Lipinski definition) is 5. The number of alkyl carbamates (subject to hydrolysis) is 1. The van der Waals surface area contributed by atoms with Gasteiger partial charge in [-0.1, -0.05) is 6.08 Å². The first-order valence-corrected chi connectivity index (χ1v) is 9.77. The Kier molecular flexibility index (Phi) is 6.20. The number of nitrogen functional groups attached to an aromatic ring is 1. The van der Waals surface area contributed by atoms with Crippen LogP contribution in [0, 0.1) is 5.82 Å². The minimum Gasteiger partial charge on any atom is -0.486 e. The summed E-state index contributed by atoms with van der Waals surface area (Å²) in [5.41, 5.74) is 7.73. The number of carbonyl (C=O) groups excluding carboxylic acids is 1. The van der Waals surface area contributed by atoms with E-state index in [9.17, 15) is 9.18 Å². The van der Waals surface area contributed by atoms with E-state index in [1.54, 1.807) is 32.9 Å². The molecule has 160 valence electrons. The molecule has 0 bridgehead atoms. The van der Waals surface area contributed by atoms with Gasteiger partial charge in [0.1, 0.15) is 24.6 Å². The van der Waals surface area contributed by atoms with Crippen molar-refractivity contribution in [2.45, 2.75) is 38.8 Å². The normalized spacial score (nSPS) is 14.0. The third kappa shape index (κ3) is 5.03. The van der Waals surface area contributed by atoms with E-state index < -0.39 is 23.6 Å². The quantitative estimate of drug-likeness (QED) is 0.532. The van der Waals surface area contributed by atoms with Crippen LogP contribution in [0.5, 0.6) is 11.5 Å². The van der Waals surface area contributed by atoms with E-state index >= 15 is 0 Å². The van der Waals surface area contributed by atoms with Crippen LogP contribution >= 0.6 is 0 Å². The first-order valence-electron chi connectivity index (χ1n) is 9.77. The Morgan fingerprint density at radius 3 is 2.70 bits per heavy atom. The average molecular weight is 414 g/mol. The van der Waals surface area contributed by atoms with Crippen LogP contribution in [0.15, 0.2) is 43.0 Å². The first-order chi connectivity index (χ1) is 14.2. The third-order valence-electron chi connectivity index (χ3n) is 4.47. The van der Waals surface area contributed by atoms with Crippen LogP contribution in [-0.4, -0.2) is 24.9 Å². The Morgan fingerprint density at radius 1 is 1.27 bits per heavy atom. The Bertz CT molecular complexity index is 953. The number of ether oxygens (including phenoxy) is 3. The number of hydrogen-bond donors (Lipinski definition) is 2. The lowest BCUT2D eigenvalue weighted by Crippen LogP contribution is -2.35. The fourth-order valence-corrected chi connectivity index (χ4v) is 3.23. The molecule has 0 unspecified atom stereocenters. The lowest BCUT2D eigenvalue weighted by atomic mass is 9.95. The van der Waals surface area contributed by atoms with Gasteiger partial charge in [-0.15, -0.1) is 6.58 Å². The van der Waals surface area contributed by atoms with E-state index in [-0.39, 0.29) is 0 Å². The summed E-state index contributed by atoms with van der Waals surface area (Å²) in [6.45, 7) is 9.94. The van der Waals surface area contributed by atoms with Crippen LogP contribution in [0.4, 0.5) is 14.9 Å². The molecule has 1 atom stereocenters. The summed E-state index contributed by atoms with van der Waals surface area (Å²) in [5, 5.41) is 2.87. The van der Waals surface area contributed by atoms with E-state index in [4.69, 9.17) is 19.9 Å². The Morgan fingerprint density at radius 2 is 2.00 bits per heavy atom. The zero-order valence-electron chi connectivity index (χ0n) is 17.5. The summed E-state index contributed by atoms with van der Waals surface area (Å²) in [6, 6.07) is 7.37. The Balaban J connectivity index is 2.06. The average Bonchev–Trinajstić information content (AvgIpc) is 2.67. The second kappa shape index (κ2) is 8.65. The SMILES string of the molecule is C=CC[C@H](NC(=O)OC(C)(C)C)c1cc2c(c(-c3cc(F)ccc3N)c1)OCCO2. The molecule has 1 heterocycles. The molecule has 0 aromatic heterocycles. The molecule has 6 nitrogen and oxygen atoms in total. The number of rotatable bonds is 5. The van der Waals surface area contributed by atoms with Crippen molar-refractivity contribution in [2.24, 2.45) is 0 Å². The smallest absolute Gasteiger partial charge is 0.408 e. The van der Waals surface area contributed by atoms with Gasteiger partial charge < -0.3 is 25.3 Å². The van der Waals surface area contributed by atoms with Crippen LogP contribution < -0.4 is 20.5 Å². The maximum absolute atomic E-state index is 14.0. The van der Waals surface area contributed by atoms with E-state index in [2.05, 4.69) is 11.9 Å². The van der Waals surface area contributed by atoms with Gasteiger partial charge in [-0.25, -0.2) is 9.18 Å². The Hall–Kier alpha value is -3.22. The molecular weight excluding hydrogens is 387 g/mol. The largest absolute Gasteiger partial charge is 0.486 e. The molecular formula is C23H27FN2O4. The van der Waals surface area contributed by atoms with Crippen molar-refractivity contribution in [1.29, 1.82) is 0 Å². The molecule has 0 saturated heterocycles. The predicted molar refractivity (Wildman–Crippen MR) is 114 cm³/mol. The van der Waals surface area contributed by atoms with Crippen LogP contribution in [0.2, 0.25) is 0 Å². The van der Waals surface area contributed by atoms with Crippen LogP contribution in [0.25, 0.3) is 11.1 Å². The van der Waals surface area contributed by atoms with Crippen molar-refractivity contribution in [3.05, 3.63) is 54.4 Å². The van der Waals surface area contributed by atoms with Gasteiger partial charge in [0.05, 0.1) is 6.04 Å². The summed E-state index contributed by atoms with van der Waals surface area (Å²) in [6.07, 6.45) is 1.61. The van der Waals surface area contributed by atoms with Gasteiger partial charge in [0, 0.05) is 16.8 Å². The summed E-state index contributed by atoms with van der Waals surface area (Å²) >= 11 is 0. The maximum atomic E-state index is 14.0. The number of carbonyl (C=O) groups is 1. The van der Waals surface area contributed by atoms with E-state index in [0.717, 1.165) is 5.56 Å². The lowest BCUT2D eigenvalue weighted by Gasteiger charge is -2.26. The highest BCUT2D eigenvalue weighted by atomic mass is 19.1. The molecule has 1 aliphatic heterocycles. The highest BCUT2D eigenvalue weighted by Gasteiger charge is 2.25. The highest BCUT2D eigenvalue weighted by molar-refractivity contribution is 5.83. The molecule has 7 heteroatoms. The summed E-state index contributed by atoms with van der Waals surface area (Å²) in [7, 11) is 0. The number of benzene rings is 2. The van der Waals surface area contributed by atoms with Crippen molar-refractivity contribution in [1.82, 2.24) is 5.32 Å². The number of nitrogens with one attached hydrogen (secondary N) is 1. The first kappa shape index (κ1) is 21.5. The standard InChI is InChI=1S/C23H27FN2O4/c1-5-6-19(26-22(27)30-23(2,3)4)14-11-17(16-13-15(24)7-8-18(16)25)21-20(12-14)28-9-10-29-21/h5,7-8,11-13,19H,1,6,9-10,25H2,2-4H3,(H,26,27)/t19-/m0/s1. The fraction of sp³-hybridized carbons (Fsp3) is 0.348. The molecule has 3 rings (SSSR count). The van der Waals surface area contributed by atoms with Gasteiger partial charge in [-0.2, -0.15) is 0 Å². The summed E-state index contributed by atoms with van der Waals surface area (Å²) in [5.74, 6) is 0.596. The van der Waals surface area contributed by atoms with Gasteiger partial charge in [0.15, 0.2) is 11.5 Å². The molecule has 0 spiro atoms. The highest BCUT2D eigenvalue weighted by Crippen LogP contribution is 2.44. The van der Waals surface area contributed by atoms with Crippen molar-refractivity contribution >= 4 is 11.8 Å². The van der Waals surface area contributed by atoms with Gasteiger partial charge in [-0.3, -0.25) is 0 Å². The van der Waals surface area contributed by atoms with Gasteiger partial charge in [-0.05, 0) is 63.1 Å². The molecule has 1 aliphatic rings. The van der Waals surface area contributed by atoms with E-state index in [1.807, 2.05) is 6.07 Å². The maximum Gasteiger partial charge on any atom is 0.408 e. The molecule has 2 aromatic rings. The minimum absolute atomic E-state index is 0.376. The number of halogens is 1. The molecule has 0 fully saturated rings. The van der Waals surface area contributed by atoms with Gasteiger partial charge in [0.2, 0.25) is 0 Å². The van der Waals surface area contributed by atoms with Crippen molar-refractivity contribution in [3.63, 3.8) is 0 Å². The van der Waals surface area contributed by atoms with E-state index in [0.29, 0.717) is 47.9 Å².